The lowest BCUT2D eigenvalue weighted by atomic mass is 9.88. The molecule has 0 saturated carbocycles. The Labute approximate surface area is 152 Å². The van der Waals surface area contributed by atoms with E-state index >= 15 is 0 Å². The molecule has 5 nitrogen and oxygen atoms in total. The van der Waals surface area contributed by atoms with E-state index in [2.05, 4.69) is 4.98 Å². The Bertz CT molecular complexity index is 954. The predicted molar refractivity (Wildman–Crippen MR) is 99.6 cm³/mol. The van der Waals surface area contributed by atoms with Crippen LogP contribution in [-0.4, -0.2) is 32.5 Å². The van der Waals surface area contributed by atoms with Gasteiger partial charge in [-0.05, 0) is 36.5 Å². The Morgan fingerprint density at radius 3 is 2.42 bits per heavy atom. The van der Waals surface area contributed by atoms with Crippen molar-refractivity contribution in [2.75, 3.05) is 17.1 Å². The standard InChI is InChI=1S/C19H21FN2O3S/c1-12(2)18-16(11-23)17(13-6-8-14(20)9-7-13)15-5-4-10-22(19(15)21-18)26(3,24)25/h6-9,11-12H,4-5,10H2,1-3H3. The number of halogens is 1. The zero-order valence-corrected chi connectivity index (χ0v) is 15.8. The fourth-order valence-electron chi connectivity index (χ4n) is 3.42. The third kappa shape index (κ3) is 3.23. The first-order valence-corrected chi connectivity index (χ1v) is 10.3. The highest BCUT2D eigenvalue weighted by molar-refractivity contribution is 7.92. The number of aldehydes is 1. The number of anilines is 1. The van der Waals surface area contributed by atoms with Crippen molar-refractivity contribution >= 4 is 22.1 Å². The Balaban J connectivity index is 2.39. The first-order chi connectivity index (χ1) is 12.2. The molecule has 0 amide bonds. The lowest BCUT2D eigenvalue weighted by molar-refractivity contribution is 0.112. The fourth-order valence-corrected chi connectivity index (χ4v) is 4.35. The summed E-state index contributed by atoms with van der Waals surface area (Å²) in [7, 11) is -3.48. The highest BCUT2D eigenvalue weighted by atomic mass is 32.2. The SMILES string of the molecule is CC(C)c1nc2c(c(-c3ccc(F)cc3)c1C=O)CCCN2S(C)(=O)=O. The highest BCUT2D eigenvalue weighted by Gasteiger charge is 2.31. The van der Waals surface area contributed by atoms with Gasteiger partial charge in [-0.2, -0.15) is 0 Å². The quantitative estimate of drug-likeness (QED) is 0.766. The van der Waals surface area contributed by atoms with Crippen molar-refractivity contribution in [1.29, 1.82) is 0 Å². The zero-order valence-electron chi connectivity index (χ0n) is 15.0. The third-order valence-electron chi connectivity index (χ3n) is 4.57. The van der Waals surface area contributed by atoms with Crippen molar-refractivity contribution < 1.29 is 17.6 Å². The number of carbonyl (C=O) groups excluding carboxylic acids is 1. The second-order valence-electron chi connectivity index (χ2n) is 6.81. The molecule has 0 radical (unpaired) electrons. The monoisotopic (exact) mass is 376 g/mol. The molecular formula is C19H21FN2O3S. The summed E-state index contributed by atoms with van der Waals surface area (Å²) in [5, 5.41) is 0. The van der Waals surface area contributed by atoms with Crippen LogP contribution in [0.25, 0.3) is 11.1 Å². The maximum absolute atomic E-state index is 13.4. The topological polar surface area (TPSA) is 67.3 Å². The Morgan fingerprint density at radius 1 is 1.23 bits per heavy atom. The Kier molecular flexibility index (Phi) is 4.84. The molecule has 1 aliphatic rings. The minimum Gasteiger partial charge on any atom is -0.298 e. The van der Waals surface area contributed by atoms with Crippen molar-refractivity contribution in [2.45, 2.75) is 32.6 Å². The maximum Gasteiger partial charge on any atom is 0.233 e. The first-order valence-electron chi connectivity index (χ1n) is 8.49. The van der Waals surface area contributed by atoms with Gasteiger partial charge in [0.1, 0.15) is 11.6 Å². The number of hydrogen-bond acceptors (Lipinski definition) is 4. The van der Waals surface area contributed by atoms with Crippen LogP contribution in [0.15, 0.2) is 24.3 Å². The molecule has 0 spiro atoms. The van der Waals surface area contributed by atoms with Gasteiger partial charge in [0.25, 0.3) is 0 Å². The molecule has 1 aromatic carbocycles. The average Bonchev–Trinajstić information content (AvgIpc) is 2.59. The average molecular weight is 376 g/mol. The lowest BCUT2D eigenvalue weighted by Crippen LogP contribution is -2.36. The summed E-state index contributed by atoms with van der Waals surface area (Å²) in [5.41, 5.74) is 3.06. The number of aromatic nitrogens is 1. The summed E-state index contributed by atoms with van der Waals surface area (Å²) in [6.45, 7) is 4.17. The van der Waals surface area contributed by atoms with Crippen LogP contribution in [0.4, 0.5) is 10.2 Å². The summed E-state index contributed by atoms with van der Waals surface area (Å²) in [6.07, 6.45) is 3.17. The van der Waals surface area contributed by atoms with E-state index in [4.69, 9.17) is 0 Å². The third-order valence-corrected chi connectivity index (χ3v) is 5.72. The molecule has 138 valence electrons. The summed E-state index contributed by atoms with van der Waals surface area (Å²) < 4.78 is 39.2. The fraction of sp³-hybridized carbons (Fsp3) is 0.368. The van der Waals surface area contributed by atoms with Crippen LogP contribution in [0, 0.1) is 5.82 Å². The number of rotatable bonds is 4. The van der Waals surface area contributed by atoms with Gasteiger partial charge < -0.3 is 0 Å². The van der Waals surface area contributed by atoms with Crippen LogP contribution < -0.4 is 4.31 Å². The molecule has 7 heteroatoms. The molecule has 1 aliphatic heterocycles. The van der Waals surface area contributed by atoms with Crippen LogP contribution in [0.2, 0.25) is 0 Å². The second-order valence-corrected chi connectivity index (χ2v) is 8.71. The maximum atomic E-state index is 13.4. The molecule has 0 unspecified atom stereocenters. The number of hydrogen-bond donors (Lipinski definition) is 0. The van der Waals surface area contributed by atoms with Crippen molar-refractivity contribution in [2.24, 2.45) is 0 Å². The number of pyridine rings is 1. The number of benzene rings is 1. The summed E-state index contributed by atoms with van der Waals surface area (Å²) in [6, 6.07) is 5.90. The first kappa shape index (κ1) is 18.5. The minimum absolute atomic E-state index is 0.0666. The van der Waals surface area contributed by atoms with Crippen LogP contribution in [0.5, 0.6) is 0 Å². The zero-order chi connectivity index (χ0) is 19.1. The summed E-state index contributed by atoms with van der Waals surface area (Å²) in [4.78, 5) is 16.5. The molecule has 1 aromatic heterocycles. The van der Waals surface area contributed by atoms with E-state index in [1.54, 1.807) is 12.1 Å². The Morgan fingerprint density at radius 2 is 1.88 bits per heavy atom. The van der Waals surface area contributed by atoms with Crippen molar-refractivity contribution in [3.05, 3.63) is 46.9 Å². The van der Waals surface area contributed by atoms with Crippen LogP contribution in [-0.2, 0) is 16.4 Å². The molecule has 0 atom stereocenters. The van der Waals surface area contributed by atoms with Crippen molar-refractivity contribution in [3.8, 4) is 11.1 Å². The molecule has 0 aliphatic carbocycles. The Hall–Kier alpha value is -2.28. The molecule has 26 heavy (non-hydrogen) atoms. The molecule has 0 fully saturated rings. The smallest absolute Gasteiger partial charge is 0.233 e. The van der Waals surface area contributed by atoms with Gasteiger partial charge in [-0.3, -0.25) is 9.10 Å². The van der Waals surface area contributed by atoms with Crippen molar-refractivity contribution in [1.82, 2.24) is 4.98 Å². The number of fused-ring (bicyclic) bond motifs is 1. The normalized spacial score (nSPS) is 14.4. The van der Waals surface area contributed by atoms with E-state index < -0.39 is 10.0 Å². The molecule has 0 saturated heterocycles. The van der Waals surface area contributed by atoms with Gasteiger partial charge in [-0.1, -0.05) is 26.0 Å². The minimum atomic E-state index is -3.48. The molecule has 3 rings (SSSR count). The van der Waals surface area contributed by atoms with E-state index in [1.165, 1.54) is 16.4 Å². The van der Waals surface area contributed by atoms with E-state index in [0.29, 0.717) is 47.6 Å². The van der Waals surface area contributed by atoms with Gasteiger partial charge in [-0.25, -0.2) is 17.8 Å². The van der Waals surface area contributed by atoms with Crippen molar-refractivity contribution in [3.63, 3.8) is 0 Å². The van der Waals surface area contributed by atoms with Gasteiger partial charge in [0.05, 0.1) is 11.9 Å². The van der Waals surface area contributed by atoms with E-state index in [1.807, 2.05) is 13.8 Å². The number of carbonyl (C=O) groups is 1. The van der Waals surface area contributed by atoms with Crippen LogP contribution in [0.1, 0.15) is 47.8 Å². The van der Waals surface area contributed by atoms with Gasteiger partial charge in [-0.15, -0.1) is 0 Å². The number of sulfonamides is 1. The predicted octanol–water partition coefficient (Wildman–Crippen LogP) is 3.54. The second kappa shape index (κ2) is 6.79. The van der Waals surface area contributed by atoms with Crippen LogP contribution >= 0.6 is 0 Å². The van der Waals surface area contributed by atoms with E-state index in [-0.39, 0.29) is 11.7 Å². The van der Waals surface area contributed by atoms with E-state index in [0.717, 1.165) is 18.1 Å². The molecule has 2 aromatic rings. The van der Waals surface area contributed by atoms with Gasteiger partial charge in [0.15, 0.2) is 6.29 Å². The molecule has 0 N–H and O–H groups in total. The van der Waals surface area contributed by atoms with Gasteiger partial charge in [0.2, 0.25) is 10.0 Å². The molecular weight excluding hydrogens is 355 g/mol. The van der Waals surface area contributed by atoms with E-state index in [9.17, 15) is 17.6 Å². The highest BCUT2D eigenvalue weighted by Crippen LogP contribution is 2.40. The van der Waals surface area contributed by atoms with Gasteiger partial charge in [0, 0.05) is 23.2 Å². The molecule has 2 heterocycles. The van der Waals surface area contributed by atoms with Gasteiger partial charge >= 0.3 is 0 Å². The molecule has 0 bridgehead atoms. The largest absolute Gasteiger partial charge is 0.298 e. The number of nitrogens with zero attached hydrogens (tertiary/aromatic N) is 2. The van der Waals surface area contributed by atoms with Crippen LogP contribution in [0.3, 0.4) is 0 Å². The summed E-state index contributed by atoms with van der Waals surface area (Å²) in [5.74, 6) is -0.0541. The summed E-state index contributed by atoms with van der Waals surface area (Å²) >= 11 is 0. The lowest BCUT2D eigenvalue weighted by Gasteiger charge is -2.31.